The summed E-state index contributed by atoms with van der Waals surface area (Å²) in [6.07, 6.45) is -1.03. The molecule has 6 nitrogen and oxygen atoms in total. The summed E-state index contributed by atoms with van der Waals surface area (Å²) in [6, 6.07) is 13.7. The second kappa shape index (κ2) is 6.92. The Balaban J connectivity index is 1.72. The van der Waals surface area contributed by atoms with Crippen molar-refractivity contribution in [2.45, 2.75) is 26.0 Å². The maximum absolute atomic E-state index is 12.4. The number of carbonyl (C=O) groups excluding carboxylic acids is 4. The summed E-state index contributed by atoms with van der Waals surface area (Å²) < 4.78 is 5.20. The first-order valence-corrected chi connectivity index (χ1v) is 8.18. The number of benzene rings is 2. The van der Waals surface area contributed by atoms with Gasteiger partial charge in [-0.05, 0) is 26.0 Å². The SMILES string of the molecule is CC(OC(=O)C(C)N1C(=O)c2ccccc2C1=O)C(=O)c1ccccc1. The van der Waals surface area contributed by atoms with E-state index in [9.17, 15) is 19.2 Å². The first-order chi connectivity index (χ1) is 12.4. The molecule has 26 heavy (non-hydrogen) atoms. The van der Waals surface area contributed by atoms with Gasteiger partial charge in [-0.15, -0.1) is 0 Å². The highest BCUT2D eigenvalue weighted by Gasteiger charge is 2.41. The lowest BCUT2D eigenvalue weighted by Crippen LogP contribution is -2.45. The van der Waals surface area contributed by atoms with Crippen molar-refractivity contribution in [3.63, 3.8) is 0 Å². The molecular weight excluding hydrogens is 334 g/mol. The van der Waals surface area contributed by atoms with E-state index in [4.69, 9.17) is 4.74 Å². The number of carbonyl (C=O) groups is 4. The Bertz CT molecular complexity index is 855. The van der Waals surface area contributed by atoms with Crippen LogP contribution in [0.1, 0.15) is 44.9 Å². The topological polar surface area (TPSA) is 80.8 Å². The predicted octanol–water partition coefficient (Wildman–Crippen LogP) is 2.49. The molecule has 6 heteroatoms. The van der Waals surface area contributed by atoms with E-state index in [0.717, 1.165) is 4.90 Å². The van der Waals surface area contributed by atoms with E-state index >= 15 is 0 Å². The highest BCUT2D eigenvalue weighted by atomic mass is 16.5. The van der Waals surface area contributed by atoms with Gasteiger partial charge in [0.25, 0.3) is 11.8 Å². The van der Waals surface area contributed by atoms with Crippen LogP contribution in [0.25, 0.3) is 0 Å². The Morgan fingerprint density at radius 3 is 1.88 bits per heavy atom. The van der Waals surface area contributed by atoms with Gasteiger partial charge in [0.2, 0.25) is 5.78 Å². The summed E-state index contributed by atoms with van der Waals surface area (Å²) in [5, 5.41) is 0. The van der Waals surface area contributed by atoms with Crippen LogP contribution in [-0.2, 0) is 9.53 Å². The quantitative estimate of drug-likeness (QED) is 0.470. The molecule has 0 radical (unpaired) electrons. The van der Waals surface area contributed by atoms with Gasteiger partial charge in [0.05, 0.1) is 11.1 Å². The van der Waals surface area contributed by atoms with Crippen LogP contribution in [0, 0.1) is 0 Å². The van der Waals surface area contributed by atoms with E-state index in [-0.39, 0.29) is 16.9 Å². The van der Waals surface area contributed by atoms with E-state index in [2.05, 4.69) is 0 Å². The second-order valence-electron chi connectivity index (χ2n) is 6.01. The van der Waals surface area contributed by atoms with Crippen molar-refractivity contribution < 1.29 is 23.9 Å². The fraction of sp³-hybridized carbons (Fsp3) is 0.200. The van der Waals surface area contributed by atoms with E-state index in [0.29, 0.717) is 5.56 Å². The van der Waals surface area contributed by atoms with E-state index in [1.54, 1.807) is 42.5 Å². The number of imide groups is 1. The number of fused-ring (bicyclic) bond motifs is 1. The van der Waals surface area contributed by atoms with Gasteiger partial charge in [-0.3, -0.25) is 19.3 Å². The Labute approximate surface area is 150 Å². The van der Waals surface area contributed by atoms with Crippen LogP contribution in [0.5, 0.6) is 0 Å². The van der Waals surface area contributed by atoms with Crippen molar-refractivity contribution in [3.05, 3.63) is 71.3 Å². The number of hydrogen-bond acceptors (Lipinski definition) is 5. The number of hydrogen-bond donors (Lipinski definition) is 0. The lowest BCUT2D eigenvalue weighted by atomic mass is 10.1. The molecule has 0 fully saturated rings. The van der Waals surface area contributed by atoms with Crippen LogP contribution < -0.4 is 0 Å². The third-order valence-electron chi connectivity index (χ3n) is 4.27. The minimum atomic E-state index is -1.13. The van der Waals surface area contributed by atoms with Gasteiger partial charge in [-0.1, -0.05) is 42.5 Å². The van der Waals surface area contributed by atoms with Crippen LogP contribution in [0.2, 0.25) is 0 Å². The monoisotopic (exact) mass is 351 g/mol. The standard InChI is InChI=1S/C20H17NO5/c1-12(21-18(23)15-10-6-7-11-16(15)19(21)24)20(25)26-13(2)17(22)14-8-4-3-5-9-14/h3-13H,1-2H3. The van der Waals surface area contributed by atoms with Gasteiger partial charge in [0.15, 0.2) is 6.10 Å². The summed E-state index contributed by atoms with van der Waals surface area (Å²) in [5.41, 5.74) is 0.928. The molecule has 0 bridgehead atoms. The molecule has 1 heterocycles. The van der Waals surface area contributed by atoms with Crippen molar-refractivity contribution in [2.24, 2.45) is 0 Å². The van der Waals surface area contributed by atoms with Crippen LogP contribution in [0.15, 0.2) is 54.6 Å². The second-order valence-corrected chi connectivity index (χ2v) is 6.01. The predicted molar refractivity (Wildman–Crippen MR) is 92.7 cm³/mol. The molecule has 2 aromatic carbocycles. The zero-order valence-electron chi connectivity index (χ0n) is 14.3. The summed E-state index contributed by atoms with van der Waals surface area (Å²) in [6.45, 7) is 2.87. The zero-order valence-corrected chi connectivity index (χ0v) is 14.3. The van der Waals surface area contributed by atoms with E-state index < -0.39 is 29.9 Å². The lowest BCUT2D eigenvalue weighted by Gasteiger charge is -2.22. The average molecular weight is 351 g/mol. The molecule has 1 aliphatic heterocycles. The Kier molecular flexibility index (Phi) is 4.67. The number of esters is 1. The molecule has 2 aromatic rings. The molecule has 0 aromatic heterocycles. The van der Waals surface area contributed by atoms with Crippen molar-refractivity contribution in [1.82, 2.24) is 4.90 Å². The number of nitrogens with zero attached hydrogens (tertiary/aromatic N) is 1. The minimum Gasteiger partial charge on any atom is -0.453 e. The smallest absolute Gasteiger partial charge is 0.329 e. The number of ketones is 1. The number of rotatable bonds is 5. The molecule has 132 valence electrons. The molecule has 1 aliphatic rings. The van der Waals surface area contributed by atoms with Gasteiger partial charge in [-0.25, -0.2) is 4.79 Å². The highest BCUT2D eigenvalue weighted by molar-refractivity contribution is 6.22. The third-order valence-corrected chi connectivity index (χ3v) is 4.27. The molecule has 0 aliphatic carbocycles. The van der Waals surface area contributed by atoms with Gasteiger partial charge in [0.1, 0.15) is 6.04 Å². The van der Waals surface area contributed by atoms with Crippen LogP contribution in [-0.4, -0.2) is 40.6 Å². The normalized spacial score (nSPS) is 15.4. The minimum absolute atomic E-state index is 0.255. The largest absolute Gasteiger partial charge is 0.453 e. The van der Waals surface area contributed by atoms with Gasteiger partial charge < -0.3 is 4.74 Å². The molecule has 2 unspecified atom stereocenters. The van der Waals surface area contributed by atoms with Crippen LogP contribution in [0.3, 0.4) is 0 Å². The molecule has 2 atom stereocenters. The highest BCUT2D eigenvalue weighted by Crippen LogP contribution is 2.25. The number of Topliss-reactive ketones (excluding diaryl/α,β-unsaturated/α-hetero) is 1. The molecular formula is C20H17NO5. The van der Waals surface area contributed by atoms with E-state index in [1.807, 2.05) is 0 Å². The Hall–Kier alpha value is -3.28. The zero-order chi connectivity index (χ0) is 18.8. The number of ether oxygens (including phenoxy) is 1. The Morgan fingerprint density at radius 1 is 0.846 bits per heavy atom. The fourth-order valence-electron chi connectivity index (χ4n) is 2.83. The Morgan fingerprint density at radius 2 is 1.35 bits per heavy atom. The molecule has 0 spiro atoms. The van der Waals surface area contributed by atoms with Crippen molar-refractivity contribution in [3.8, 4) is 0 Å². The average Bonchev–Trinajstić information content (AvgIpc) is 2.92. The summed E-state index contributed by atoms with van der Waals surface area (Å²) >= 11 is 0. The van der Waals surface area contributed by atoms with Crippen molar-refractivity contribution in [2.75, 3.05) is 0 Å². The maximum atomic E-state index is 12.4. The third kappa shape index (κ3) is 3.01. The van der Waals surface area contributed by atoms with E-state index in [1.165, 1.54) is 26.0 Å². The number of amides is 2. The fourth-order valence-corrected chi connectivity index (χ4v) is 2.83. The van der Waals surface area contributed by atoms with Gasteiger partial charge in [0, 0.05) is 5.56 Å². The molecule has 3 rings (SSSR count). The molecule has 0 saturated carbocycles. The first kappa shape index (κ1) is 17.5. The first-order valence-electron chi connectivity index (χ1n) is 8.18. The summed E-state index contributed by atoms with van der Waals surface area (Å²) in [5.74, 6) is -2.25. The summed E-state index contributed by atoms with van der Waals surface area (Å²) in [4.78, 5) is 50.4. The van der Waals surface area contributed by atoms with Gasteiger partial charge >= 0.3 is 5.97 Å². The lowest BCUT2D eigenvalue weighted by molar-refractivity contribution is -0.150. The molecule has 0 saturated heterocycles. The van der Waals surface area contributed by atoms with Crippen LogP contribution in [0.4, 0.5) is 0 Å². The van der Waals surface area contributed by atoms with Crippen LogP contribution >= 0.6 is 0 Å². The summed E-state index contributed by atoms with van der Waals surface area (Å²) in [7, 11) is 0. The maximum Gasteiger partial charge on any atom is 0.329 e. The molecule has 2 amide bonds. The van der Waals surface area contributed by atoms with Gasteiger partial charge in [-0.2, -0.15) is 0 Å². The molecule has 0 N–H and O–H groups in total. The van der Waals surface area contributed by atoms with Crippen molar-refractivity contribution >= 4 is 23.6 Å². The van der Waals surface area contributed by atoms with Crippen molar-refractivity contribution in [1.29, 1.82) is 0 Å².